The molecule has 4 rings (SSSR count). The second-order valence-corrected chi connectivity index (χ2v) is 7.63. The van der Waals surface area contributed by atoms with Gasteiger partial charge in [0.15, 0.2) is 5.17 Å². The Balaban J connectivity index is 0.00000225. The summed E-state index contributed by atoms with van der Waals surface area (Å²) in [5.74, 6) is -1.41. The number of nitrogens with zero attached hydrogens (tertiary/aromatic N) is 2. The van der Waals surface area contributed by atoms with E-state index in [1.807, 2.05) is 48.5 Å². The average Bonchev–Trinajstić information content (AvgIpc) is 3.21. The van der Waals surface area contributed by atoms with Crippen LogP contribution in [0.4, 0.5) is 5.13 Å². The normalized spacial score (nSPS) is 16.4. The van der Waals surface area contributed by atoms with Gasteiger partial charge in [0.05, 0.1) is 10.6 Å². The van der Waals surface area contributed by atoms with Crippen molar-refractivity contribution in [3.63, 3.8) is 0 Å². The molecule has 0 aliphatic carbocycles. The van der Waals surface area contributed by atoms with Crippen LogP contribution in [-0.4, -0.2) is 22.0 Å². The van der Waals surface area contributed by atoms with Crippen molar-refractivity contribution in [1.82, 2.24) is 10.3 Å². The molecule has 28 heavy (non-hydrogen) atoms. The first-order valence-electron chi connectivity index (χ1n) is 7.99. The van der Waals surface area contributed by atoms with Gasteiger partial charge in [0, 0.05) is 17.8 Å². The standard InChI is InChI=1S/C19H13N3O3S2.Na/c23-16(24)9-14-10-26-18(20-14)22-19-21-17(25)15(27-19)8-11-5-6-12-3-1-2-4-13(12)7-11;/h1-8,10H,9H2,(H,23,24)(H,20,21,22,25);/q;+1/p-1. The second-order valence-electron chi connectivity index (χ2n) is 5.76. The maximum atomic E-state index is 12.2. The predicted octanol–water partition coefficient (Wildman–Crippen LogP) is -0.516. The topological polar surface area (TPSA) is 94.5 Å². The number of aliphatic imine (C=N–C) groups is 1. The van der Waals surface area contributed by atoms with E-state index in [-0.39, 0.29) is 41.9 Å². The number of rotatable bonds is 4. The molecule has 1 aliphatic rings. The molecule has 134 valence electrons. The van der Waals surface area contributed by atoms with E-state index in [9.17, 15) is 14.7 Å². The third-order valence-corrected chi connectivity index (χ3v) is 5.48. The number of thiazole rings is 1. The Hall–Kier alpha value is -1.97. The van der Waals surface area contributed by atoms with Gasteiger partial charge >= 0.3 is 29.6 Å². The summed E-state index contributed by atoms with van der Waals surface area (Å²) in [5.41, 5.74) is 1.32. The number of carboxylic acids is 1. The molecule has 9 heteroatoms. The third-order valence-electron chi connectivity index (χ3n) is 3.78. The van der Waals surface area contributed by atoms with Crippen LogP contribution in [0.3, 0.4) is 0 Å². The van der Waals surface area contributed by atoms with Gasteiger partial charge in [0.25, 0.3) is 5.91 Å². The summed E-state index contributed by atoms with van der Waals surface area (Å²) in [4.78, 5) is 31.7. The molecule has 0 atom stereocenters. The molecular formula is C19H12N3NaO3S2. The largest absolute Gasteiger partial charge is 1.00 e. The molecule has 2 aromatic carbocycles. The zero-order chi connectivity index (χ0) is 18.8. The van der Waals surface area contributed by atoms with Crippen molar-refractivity contribution in [3.8, 4) is 0 Å². The van der Waals surface area contributed by atoms with Crippen molar-refractivity contribution in [2.24, 2.45) is 4.99 Å². The maximum absolute atomic E-state index is 12.2. The van der Waals surface area contributed by atoms with E-state index in [0.717, 1.165) is 16.3 Å². The molecular weight excluding hydrogens is 405 g/mol. The Labute approximate surface area is 191 Å². The van der Waals surface area contributed by atoms with Gasteiger partial charge in [-0.2, -0.15) is 4.99 Å². The van der Waals surface area contributed by atoms with Crippen LogP contribution in [0.1, 0.15) is 11.3 Å². The molecule has 3 aromatic rings. The molecule has 2 heterocycles. The number of carbonyl (C=O) groups excluding carboxylic acids is 2. The zero-order valence-corrected chi connectivity index (χ0v) is 18.5. The number of aliphatic carboxylic acids is 1. The number of hydrogen-bond donors (Lipinski definition) is 1. The summed E-state index contributed by atoms with van der Waals surface area (Å²) in [7, 11) is 0. The Morgan fingerprint density at radius 1 is 1.21 bits per heavy atom. The second kappa shape index (κ2) is 9.02. The number of amides is 1. The van der Waals surface area contributed by atoms with E-state index in [2.05, 4.69) is 15.3 Å². The summed E-state index contributed by atoms with van der Waals surface area (Å²) >= 11 is 2.44. The summed E-state index contributed by atoms with van der Waals surface area (Å²) in [6, 6.07) is 14.0. The van der Waals surface area contributed by atoms with Crippen LogP contribution < -0.4 is 40.0 Å². The van der Waals surface area contributed by atoms with E-state index >= 15 is 0 Å². The van der Waals surface area contributed by atoms with Crippen molar-refractivity contribution in [2.75, 3.05) is 0 Å². The number of carbonyl (C=O) groups is 2. The number of aromatic nitrogens is 1. The van der Waals surface area contributed by atoms with E-state index in [1.54, 1.807) is 5.38 Å². The molecule has 0 bridgehead atoms. The first kappa shape index (κ1) is 20.8. The number of amidine groups is 1. The summed E-state index contributed by atoms with van der Waals surface area (Å²) in [5, 5.41) is 18.0. The van der Waals surface area contributed by atoms with Crippen LogP contribution in [0.15, 0.2) is 57.7 Å². The first-order valence-corrected chi connectivity index (χ1v) is 9.69. The van der Waals surface area contributed by atoms with E-state index in [4.69, 9.17) is 0 Å². The average molecular weight is 417 g/mol. The van der Waals surface area contributed by atoms with Gasteiger partial charge in [0.2, 0.25) is 5.13 Å². The number of benzene rings is 2. The van der Waals surface area contributed by atoms with Crippen molar-refractivity contribution >= 4 is 62.1 Å². The summed E-state index contributed by atoms with van der Waals surface area (Å²) in [6.07, 6.45) is 1.56. The number of carboxylic acid groups (broad SMARTS) is 1. The van der Waals surface area contributed by atoms with Crippen molar-refractivity contribution in [3.05, 3.63) is 64.0 Å². The van der Waals surface area contributed by atoms with Crippen LogP contribution in [0, 0.1) is 0 Å². The Kier molecular flexibility index (Phi) is 6.69. The minimum absolute atomic E-state index is 0. The molecule has 6 nitrogen and oxygen atoms in total. The molecule has 0 spiro atoms. The SMILES string of the molecule is O=C([O-])Cc1csc(/N=C2/NC(=O)C(=Cc3ccc4ccccc4c3)S2)n1.[Na+]. The van der Waals surface area contributed by atoms with E-state index < -0.39 is 5.97 Å². The molecule has 1 fully saturated rings. The van der Waals surface area contributed by atoms with E-state index in [1.165, 1.54) is 23.1 Å². The summed E-state index contributed by atoms with van der Waals surface area (Å²) < 4.78 is 0. The molecule has 0 unspecified atom stereocenters. The molecule has 1 aromatic heterocycles. The Morgan fingerprint density at radius 3 is 2.79 bits per heavy atom. The monoisotopic (exact) mass is 417 g/mol. The number of fused-ring (bicyclic) bond motifs is 1. The smallest absolute Gasteiger partial charge is 0.550 e. The number of hydrogen-bond acceptors (Lipinski definition) is 7. The fraction of sp³-hybridized carbons (Fsp3) is 0.0526. The minimum Gasteiger partial charge on any atom is -0.550 e. The summed E-state index contributed by atoms with van der Waals surface area (Å²) in [6.45, 7) is 0. The third kappa shape index (κ3) is 4.89. The Morgan fingerprint density at radius 2 is 2.00 bits per heavy atom. The molecule has 0 radical (unpaired) electrons. The molecule has 1 aliphatic heterocycles. The van der Waals surface area contributed by atoms with Crippen molar-refractivity contribution in [1.29, 1.82) is 0 Å². The predicted molar refractivity (Wildman–Crippen MR) is 106 cm³/mol. The van der Waals surface area contributed by atoms with Crippen LogP contribution in [0.25, 0.3) is 16.8 Å². The minimum atomic E-state index is -1.19. The number of thioether (sulfide) groups is 1. The van der Waals surface area contributed by atoms with Crippen LogP contribution >= 0.6 is 23.1 Å². The van der Waals surface area contributed by atoms with Gasteiger partial charge in [-0.25, -0.2) is 4.98 Å². The van der Waals surface area contributed by atoms with E-state index in [0.29, 0.717) is 20.9 Å². The van der Waals surface area contributed by atoms with Gasteiger partial charge in [-0.3, -0.25) is 4.79 Å². The van der Waals surface area contributed by atoms with Gasteiger partial charge in [-0.1, -0.05) is 36.4 Å². The van der Waals surface area contributed by atoms with Crippen molar-refractivity contribution in [2.45, 2.75) is 6.42 Å². The molecule has 1 amide bonds. The first-order chi connectivity index (χ1) is 13.1. The quantitative estimate of drug-likeness (QED) is 0.456. The Bertz CT molecular complexity index is 1120. The van der Waals surface area contributed by atoms with Gasteiger partial charge in [0.1, 0.15) is 0 Å². The number of nitrogens with one attached hydrogen (secondary N) is 1. The van der Waals surface area contributed by atoms with Crippen molar-refractivity contribution < 1.29 is 44.3 Å². The van der Waals surface area contributed by atoms with Gasteiger partial charge in [-0.15, -0.1) is 11.3 Å². The molecule has 0 saturated carbocycles. The van der Waals surface area contributed by atoms with Gasteiger partial charge < -0.3 is 15.2 Å². The zero-order valence-electron chi connectivity index (χ0n) is 14.8. The van der Waals surface area contributed by atoms with Gasteiger partial charge in [-0.05, 0) is 40.2 Å². The fourth-order valence-electron chi connectivity index (χ4n) is 2.59. The van der Waals surface area contributed by atoms with Crippen LogP contribution in [0.5, 0.6) is 0 Å². The van der Waals surface area contributed by atoms with Crippen LogP contribution in [-0.2, 0) is 16.0 Å². The maximum Gasteiger partial charge on any atom is 1.00 e. The molecule has 1 N–H and O–H groups in total. The fourth-order valence-corrected chi connectivity index (χ4v) is 4.17. The van der Waals surface area contributed by atoms with Crippen LogP contribution in [0.2, 0.25) is 0 Å². The molecule has 1 saturated heterocycles.